The van der Waals surface area contributed by atoms with Crippen LogP contribution in [0, 0.1) is 5.92 Å². The Morgan fingerprint density at radius 3 is 2.38 bits per heavy atom. The zero-order chi connectivity index (χ0) is 12.2. The molecule has 0 spiro atoms. The van der Waals surface area contributed by atoms with Crippen molar-refractivity contribution in [3.8, 4) is 0 Å². The first-order chi connectivity index (χ1) is 7.54. The van der Waals surface area contributed by atoms with Crippen LogP contribution in [0.2, 0.25) is 0 Å². The van der Waals surface area contributed by atoms with Gasteiger partial charge in [0.15, 0.2) is 0 Å². The first-order valence-corrected chi connectivity index (χ1v) is 5.99. The molecule has 0 saturated carbocycles. The maximum atomic E-state index is 10.3. The van der Waals surface area contributed by atoms with Crippen molar-refractivity contribution < 1.29 is 5.11 Å². The van der Waals surface area contributed by atoms with E-state index < -0.39 is 6.10 Å². The van der Waals surface area contributed by atoms with E-state index in [1.165, 1.54) is 0 Å². The first-order valence-electron chi connectivity index (χ1n) is 5.46. The van der Waals surface area contributed by atoms with Crippen molar-refractivity contribution in [2.45, 2.75) is 25.4 Å². The number of benzene rings is 1. The Morgan fingerprint density at radius 1 is 1.38 bits per heavy atom. The van der Waals surface area contributed by atoms with E-state index in [9.17, 15) is 5.11 Å². The van der Waals surface area contributed by atoms with Crippen LogP contribution in [0.25, 0.3) is 0 Å². The summed E-state index contributed by atoms with van der Waals surface area (Å²) in [6, 6.07) is 9.98. The van der Waals surface area contributed by atoms with Crippen LogP contribution in [0.1, 0.15) is 19.4 Å². The Kier molecular flexibility index (Phi) is 4.57. The van der Waals surface area contributed by atoms with E-state index in [1.807, 2.05) is 44.2 Å². The third-order valence-corrected chi connectivity index (χ3v) is 3.50. The molecule has 1 aromatic rings. The quantitative estimate of drug-likeness (QED) is 0.616. The molecule has 0 aliphatic carbocycles. The molecular weight excluding hydrogens is 220 g/mol. The summed E-state index contributed by atoms with van der Waals surface area (Å²) in [5.74, 6) is 0.304. The summed E-state index contributed by atoms with van der Waals surface area (Å²) < 4.78 is 0. The Labute approximate surface area is 103 Å². The van der Waals surface area contributed by atoms with Crippen LogP contribution in [-0.2, 0) is 5.41 Å². The molecule has 0 bridgehead atoms. The van der Waals surface area contributed by atoms with Gasteiger partial charge in [-0.1, -0.05) is 50.3 Å². The molecule has 0 saturated heterocycles. The van der Waals surface area contributed by atoms with Crippen LogP contribution < -0.4 is 0 Å². The van der Waals surface area contributed by atoms with E-state index in [1.54, 1.807) is 6.08 Å². The largest absolute Gasteiger partial charge is 0.392 e. The fraction of sp³-hybridized carbons (Fsp3) is 0.429. The van der Waals surface area contributed by atoms with Gasteiger partial charge in [-0.2, -0.15) is 0 Å². The smallest absolute Gasteiger partial charge is 0.0705 e. The number of aliphatic hydroxyl groups excluding tert-OH is 1. The molecule has 0 heterocycles. The molecule has 2 atom stereocenters. The second kappa shape index (κ2) is 5.51. The molecule has 0 radical (unpaired) electrons. The third kappa shape index (κ3) is 2.66. The maximum Gasteiger partial charge on any atom is 0.0705 e. The molecule has 0 amide bonds. The van der Waals surface area contributed by atoms with Crippen molar-refractivity contribution >= 4 is 11.6 Å². The zero-order valence-corrected chi connectivity index (χ0v) is 10.6. The van der Waals surface area contributed by atoms with Crippen molar-refractivity contribution in [3.63, 3.8) is 0 Å². The number of hydrogen-bond donors (Lipinski definition) is 1. The summed E-state index contributed by atoms with van der Waals surface area (Å²) in [7, 11) is 0. The van der Waals surface area contributed by atoms with Gasteiger partial charge in [-0.3, -0.25) is 0 Å². The second-order valence-electron chi connectivity index (χ2n) is 4.59. The number of rotatable bonds is 5. The lowest BCUT2D eigenvalue weighted by molar-refractivity contribution is 0.0689. The number of halogens is 1. The zero-order valence-electron chi connectivity index (χ0n) is 9.86. The molecule has 1 rings (SSSR count). The summed E-state index contributed by atoms with van der Waals surface area (Å²) in [5, 5.41) is 10.3. The monoisotopic (exact) mass is 238 g/mol. The van der Waals surface area contributed by atoms with Crippen LogP contribution in [-0.4, -0.2) is 17.1 Å². The van der Waals surface area contributed by atoms with Crippen molar-refractivity contribution in [1.82, 2.24) is 0 Å². The minimum atomic E-state index is -0.523. The average molecular weight is 239 g/mol. The third-order valence-electron chi connectivity index (χ3n) is 3.14. The topological polar surface area (TPSA) is 20.2 Å². The molecule has 1 aromatic carbocycles. The van der Waals surface area contributed by atoms with Crippen molar-refractivity contribution in [1.29, 1.82) is 0 Å². The fourth-order valence-corrected chi connectivity index (χ4v) is 2.14. The minimum Gasteiger partial charge on any atom is -0.392 e. The summed E-state index contributed by atoms with van der Waals surface area (Å²) in [5.41, 5.74) is 0.786. The van der Waals surface area contributed by atoms with Gasteiger partial charge in [-0.15, -0.1) is 18.2 Å². The molecule has 1 nitrogen and oxygen atoms in total. The van der Waals surface area contributed by atoms with E-state index in [4.69, 9.17) is 11.6 Å². The average Bonchev–Trinajstić information content (AvgIpc) is 2.31. The van der Waals surface area contributed by atoms with Gasteiger partial charge >= 0.3 is 0 Å². The number of alkyl halides is 1. The molecule has 0 unspecified atom stereocenters. The lowest BCUT2D eigenvalue weighted by Crippen LogP contribution is -2.39. The van der Waals surface area contributed by atoms with Crippen LogP contribution in [0.3, 0.4) is 0 Å². The first kappa shape index (κ1) is 13.3. The highest BCUT2D eigenvalue weighted by Gasteiger charge is 2.33. The summed E-state index contributed by atoms with van der Waals surface area (Å²) >= 11 is 5.82. The summed E-state index contributed by atoms with van der Waals surface area (Å²) in [6.07, 6.45) is 1.20. The molecule has 0 aromatic heterocycles. The van der Waals surface area contributed by atoms with Gasteiger partial charge in [-0.05, 0) is 5.56 Å². The van der Waals surface area contributed by atoms with Gasteiger partial charge in [-0.25, -0.2) is 0 Å². The predicted octanol–water partition coefficient (Wildman–Crippen LogP) is 3.37. The fourth-order valence-electron chi connectivity index (χ4n) is 1.85. The lowest BCUT2D eigenvalue weighted by atomic mass is 9.75. The minimum absolute atomic E-state index is 0.0862. The molecule has 88 valence electrons. The van der Waals surface area contributed by atoms with E-state index in [0.717, 1.165) is 5.56 Å². The van der Waals surface area contributed by atoms with Gasteiger partial charge in [0, 0.05) is 17.2 Å². The number of hydrogen-bond acceptors (Lipinski definition) is 1. The normalized spacial score (nSPS) is 15.5. The Bertz CT molecular complexity index is 332. The maximum absolute atomic E-state index is 10.3. The van der Waals surface area contributed by atoms with Gasteiger partial charge in [0.1, 0.15) is 0 Å². The van der Waals surface area contributed by atoms with E-state index in [2.05, 4.69) is 6.58 Å². The molecule has 0 aliphatic heterocycles. The highest BCUT2D eigenvalue weighted by Crippen LogP contribution is 2.31. The molecule has 16 heavy (non-hydrogen) atoms. The van der Waals surface area contributed by atoms with Crippen molar-refractivity contribution in [3.05, 3.63) is 48.6 Å². The lowest BCUT2D eigenvalue weighted by Gasteiger charge is -2.34. The van der Waals surface area contributed by atoms with Crippen LogP contribution >= 0.6 is 11.6 Å². The second-order valence-corrected chi connectivity index (χ2v) is 4.90. The Hall–Kier alpha value is -0.790. The van der Waals surface area contributed by atoms with Gasteiger partial charge in [0.25, 0.3) is 0 Å². The molecule has 1 N–H and O–H groups in total. The van der Waals surface area contributed by atoms with E-state index in [0.29, 0.717) is 5.88 Å². The molecule has 0 fully saturated rings. The summed E-state index contributed by atoms with van der Waals surface area (Å²) in [6.45, 7) is 7.76. The van der Waals surface area contributed by atoms with Gasteiger partial charge in [0.05, 0.1) is 6.10 Å². The highest BCUT2D eigenvalue weighted by atomic mass is 35.5. The Balaban J connectivity index is 2.97. The van der Waals surface area contributed by atoms with Crippen LogP contribution in [0.4, 0.5) is 0 Å². The molecule has 0 aliphatic rings. The van der Waals surface area contributed by atoms with Crippen molar-refractivity contribution in [2.75, 3.05) is 5.88 Å². The Morgan fingerprint density at radius 2 is 1.94 bits per heavy atom. The predicted molar refractivity (Wildman–Crippen MR) is 69.9 cm³/mol. The van der Waals surface area contributed by atoms with Crippen LogP contribution in [0.15, 0.2) is 43.0 Å². The van der Waals surface area contributed by atoms with E-state index in [-0.39, 0.29) is 11.3 Å². The van der Waals surface area contributed by atoms with Crippen molar-refractivity contribution in [2.24, 2.45) is 5.92 Å². The molecule has 2 heteroatoms. The molecular formula is C14H19ClO. The summed E-state index contributed by atoms with van der Waals surface area (Å²) in [4.78, 5) is 0. The standard InChI is InChI=1S/C14H19ClO/c1-4-11(10-15)13(16)14(2,3)12-8-6-5-7-9-12/h4-9,11,13,16H,1,10H2,2-3H3/t11-,13-/m1/s1. The van der Waals surface area contributed by atoms with Gasteiger partial charge in [0.2, 0.25) is 0 Å². The van der Waals surface area contributed by atoms with Gasteiger partial charge < -0.3 is 5.11 Å². The SMILES string of the molecule is C=C[C@H](CCl)[C@@H](O)C(C)(C)c1ccccc1. The van der Waals surface area contributed by atoms with E-state index >= 15 is 0 Å². The number of aliphatic hydroxyl groups is 1. The highest BCUT2D eigenvalue weighted by molar-refractivity contribution is 6.18. The van der Waals surface area contributed by atoms with Crippen LogP contribution in [0.5, 0.6) is 0 Å².